The van der Waals surface area contributed by atoms with Crippen molar-refractivity contribution in [3.05, 3.63) is 41.4 Å². The van der Waals surface area contributed by atoms with Crippen LogP contribution in [0.3, 0.4) is 0 Å². The number of aromatic nitrogens is 1. The minimum atomic E-state index is 0.102. The molecule has 0 saturated carbocycles. The molecule has 3 heterocycles. The predicted octanol–water partition coefficient (Wildman–Crippen LogP) is 3.37. The Hall–Kier alpha value is -1.72. The van der Waals surface area contributed by atoms with Crippen LogP contribution in [-0.2, 0) is 0 Å². The van der Waals surface area contributed by atoms with Gasteiger partial charge in [-0.3, -0.25) is 14.7 Å². The van der Waals surface area contributed by atoms with Gasteiger partial charge in [-0.2, -0.15) is 0 Å². The molecule has 4 nitrogen and oxygen atoms in total. The van der Waals surface area contributed by atoms with E-state index in [0.29, 0.717) is 5.56 Å². The Morgan fingerprint density at radius 3 is 2.65 bits per heavy atom. The van der Waals surface area contributed by atoms with E-state index in [1.807, 2.05) is 34.5 Å². The van der Waals surface area contributed by atoms with Crippen LogP contribution in [0.25, 0.3) is 10.6 Å². The summed E-state index contributed by atoms with van der Waals surface area (Å²) >= 11 is 1.66. The molecule has 0 aliphatic carbocycles. The van der Waals surface area contributed by atoms with Crippen LogP contribution in [0.4, 0.5) is 0 Å². The largest absolute Gasteiger partial charge is 0.336 e. The highest BCUT2D eigenvalue weighted by Gasteiger charge is 2.22. The Bertz CT molecular complexity index is 616. The molecule has 0 bridgehead atoms. The van der Waals surface area contributed by atoms with E-state index in [9.17, 15) is 4.79 Å². The van der Waals surface area contributed by atoms with Crippen LogP contribution in [0, 0.1) is 0 Å². The summed E-state index contributed by atoms with van der Waals surface area (Å²) in [7, 11) is 0. The first-order chi connectivity index (χ1) is 11.3. The summed E-state index contributed by atoms with van der Waals surface area (Å²) in [6.45, 7) is 6.95. The molecule has 5 heteroatoms. The zero-order valence-corrected chi connectivity index (χ0v) is 14.4. The van der Waals surface area contributed by atoms with E-state index >= 15 is 0 Å². The number of rotatable bonds is 5. The molecule has 0 aromatic carbocycles. The maximum Gasteiger partial charge on any atom is 0.255 e. The Morgan fingerprint density at radius 1 is 1.22 bits per heavy atom. The molecule has 0 unspecified atom stereocenters. The van der Waals surface area contributed by atoms with Gasteiger partial charge >= 0.3 is 0 Å². The van der Waals surface area contributed by atoms with Crippen LogP contribution in [0.2, 0.25) is 0 Å². The van der Waals surface area contributed by atoms with E-state index in [-0.39, 0.29) is 5.91 Å². The van der Waals surface area contributed by atoms with E-state index in [1.165, 1.54) is 12.8 Å². The van der Waals surface area contributed by atoms with Crippen LogP contribution in [0.5, 0.6) is 0 Å². The van der Waals surface area contributed by atoms with Gasteiger partial charge in [0.15, 0.2) is 0 Å². The SMILES string of the molecule is CCCCN1CCN(C(=O)c2ccc(-c3cccs3)nc2)CC1. The Balaban J connectivity index is 1.58. The molecule has 1 amide bonds. The molecule has 0 spiro atoms. The minimum Gasteiger partial charge on any atom is -0.336 e. The first kappa shape index (κ1) is 16.1. The Kier molecular flexibility index (Phi) is 5.41. The van der Waals surface area contributed by atoms with Crippen molar-refractivity contribution in [2.45, 2.75) is 19.8 Å². The summed E-state index contributed by atoms with van der Waals surface area (Å²) in [5.74, 6) is 0.102. The van der Waals surface area contributed by atoms with Gasteiger partial charge < -0.3 is 4.90 Å². The number of pyridine rings is 1. The summed E-state index contributed by atoms with van der Waals surface area (Å²) in [5.41, 5.74) is 1.62. The van der Waals surface area contributed by atoms with Gasteiger partial charge in [0.05, 0.1) is 16.1 Å². The number of carbonyl (C=O) groups is 1. The molecule has 1 aliphatic rings. The van der Waals surface area contributed by atoms with Gasteiger partial charge in [0.2, 0.25) is 0 Å². The average Bonchev–Trinajstić information content (AvgIpc) is 3.14. The normalized spacial score (nSPS) is 15.8. The van der Waals surface area contributed by atoms with Gasteiger partial charge in [0.1, 0.15) is 0 Å². The summed E-state index contributed by atoms with van der Waals surface area (Å²) in [4.78, 5) is 22.6. The van der Waals surface area contributed by atoms with Crippen molar-refractivity contribution in [2.24, 2.45) is 0 Å². The van der Waals surface area contributed by atoms with Crippen molar-refractivity contribution in [1.82, 2.24) is 14.8 Å². The number of amides is 1. The van der Waals surface area contributed by atoms with E-state index in [4.69, 9.17) is 0 Å². The fourth-order valence-electron chi connectivity index (χ4n) is 2.83. The molecule has 0 N–H and O–H groups in total. The molecule has 1 fully saturated rings. The molecule has 23 heavy (non-hydrogen) atoms. The maximum absolute atomic E-state index is 12.6. The summed E-state index contributed by atoms with van der Waals surface area (Å²) < 4.78 is 0. The third-order valence-corrected chi connectivity index (χ3v) is 5.16. The van der Waals surface area contributed by atoms with Crippen LogP contribution in [0.15, 0.2) is 35.8 Å². The summed E-state index contributed by atoms with van der Waals surface area (Å²) in [6.07, 6.45) is 4.17. The van der Waals surface area contributed by atoms with Crippen molar-refractivity contribution < 1.29 is 4.79 Å². The van der Waals surface area contributed by atoms with Gasteiger partial charge in [-0.25, -0.2) is 0 Å². The third-order valence-electron chi connectivity index (χ3n) is 4.27. The topological polar surface area (TPSA) is 36.4 Å². The molecule has 1 saturated heterocycles. The van der Waals surface area contributed by atoms with Crippen LogP contribution >= 0.6 is 11.3 Å². The highest BCUT2D eigenvalue weighted by atomic mass is 32.1. The van der Waals surface area contributed by atoms with Crippen LogP contribution < -0.4 is 0 Å². The van der Waals surface area contributed by atoms with E-state index < -0.39 is 0 Å². The lowest BCUT2D eigenvalue weighted by molar-refractivity contribution is 0.0635. The van der Waals surface area contributed by atoms with Gasteiger partial charge in [0.25, 0.3) is 5.91 Å². The van der Waals surface area contributed by atoms with Crippen molar-refractivity contribution in [3.8, 4) is 10.6 Å². The lowest BCUT2D eigenvalue weighted by Gasteiger charge is -2.34. The molecule has 0 atom stereocenters. The highest BCUT2D eigenvalue weighted by molar-refractivity contribution is 7.13. The highest BCUT2D eigenvalue weighted by Crippen LogP contribution is 2.22. The molecule has 0 radical (unpaired) electrons. The molecule has 2 aromatic heterocycles. The Labute approximate surface area is 141 Å². The fraction of sp³-hybridized carbons (Fsp3) is 0.444. The maximum atomic E-state index is 12.6. The molecule has 3 rings (SSSR count). The molecule has 122 valence electrons. The minimum absolute atomic E-state index is 0.102. The van der Waals surface area contributed by atoms with E-state index in [2.05, 4.69) is 16.8 Å². The smallest absolute Gasteiger partial charge is 0.255 e. The molecule has 2 aromatic rings. The monoisotopic (exact) mass is 329 g/mol. The van der Waals surface area contributed by atoms with Crippen molar-refractivity contribution in [2.75, 3.05) is 32.7 Å². The zero-order chi connectivity index (χ0) is 16.1. The number of hydrogen-bond donors (Lipinski definition) is 0. The van der Waals surface area contributed by atoms with Crippen molar-refractivity contribution in [1.29, 1.82) is 0 Å². The number of piperazine rings is 1. The lowest BCUT2D eigenvalue weighted by Crippen LogP contribution is -2.48. The Morgan fingerprint density at radius 2 is 2.04 bits per heavy atom. The first-order valence-electron chi connectivity index (χ1n) is 8.29. The molecular formula is C18H23N3OS. The number of thiophene rings is 1. The third kappa shape index (κ3) is 3.98. The second-order valence-electron chi connectivity index (χ2n) is 5.90. The summed E-state index contributed by atoms with van der Waals surface area (Å²) in [6, 6.07) is 7.90. The number of carbonyl (C=O) groups excluding carboxylic acids is 1. The molecular weight excluding hydrogens is 306 g/mol. The quantitative estimate of drug-likeness (QED) is 0.844. The number of nitrogens with zero attached hydrogens (tertiary/aromatic N) is 3. The van der Waals surface area contributed by atoms with Crippen LogP contribution in [0.1, 0.15) is 30.1 Å². The lowest BCUT2D eigenvalue weighted by atomic mass is 10.2. The van der Waals surface area contributed by atoms with Gasteiger partial charge in [-0.1, -0.05) is 19.4 Å². The first-order valence-corrected chi connectivity index (χ1v) is 9.17. The van der Waals surface area contributed by atoms with Crippen molar-refractivity contribution in [3.63, 3.8) is 0 Å². The number of unbranched alkanes of at least 4 members (excludes halogenated alkanes) is 1. The van der Waals surface area contributed by atoms with E-state index in [0.717, 1.165) is 43.3 Å². The second-order valence-corrected chi connectivity index (χ2v) is 6.84. The standard InChI is InChI=1S/C18H23N3OS/c1-2-3-8-20-9-11-21(12-10-20)18(22)15-6-7-16(19-14-15)17-5-4-13-23-17/h4-7,13-14H,2-3,8-12H2,1H3. The summed E-state index contributed by atoms with van der Waals surface area (Å²) in [5, 5.41) is 2.04. The second kappa shape index (κ2) is 7.70. The van der Waals surface area contributed by atoms with Crippen LogP contribution in [-0.4, -0.2) is 53.4 Å². The fourth-order valence-corrected chi connectivity index (χ4v) is 3.53. The predicted molar refractivity (Wildman–Crippen MR) is 94.8 cm³/mol. The average molecular weight is 329 g/mol. The van der Waals surface area contributed by atoms with Crippen molar-refractivity contribution >= 4 is 17.2 Å². The van der Waals surface area contributed by atoms with Gasteiger partial charge in [-0.05, 0) is 36.5 Å². The van der Waals surface area contributed by atoms with Gasteiger partial charge in [0, 0.05) is 32.4 Å². The van der Waals surface area contributed by atoms with E-state index in [1.54, 1.807) is 17.5 Å². The van der Waals surface area contributed by atoms with Gasteiger partial charge in [-0.15, -0.1) is 11.3 Å². The number of hydrogen-bond acceptors (Lipinski definition) is 4. The zero-order valence-electron chi connectivity index (χ0n) is 13.6. The molecule has 1 aliphatic heterocycles.